The molecule has 3 nitrogen and oxygen atoms in total. The summed E-state index contributed by atoms with van der Waals surface area (Å²) in [5.74, 6) is 0.179. The summed E-state index contributed by atoms with van der Waals surface area (Å²) in [4.78, 5) is 12.0. The first-order valence-electron chi connectivity index (χ1n) is 5.59. The van der Waals surface area contributed by atoms with E-state index >= 15 is 0 Å². The molecule has 0 aromatic heterocycles. The molecule has 1 aromatic rings. The van der Waals surface area contributed by atoms with Gasteiger partial charge >= 0.3 is 0 Å². The summed E-state index contributed by atoms with van der Waals surface area (Å²) >= 11 is 3.39. The number of rotatable bonds is 3. The Bertz CT molecular complexity index is 489. The molecule has 1 aliphatic rings. The SMILES string of the molecule is Cc1c(Br)cccc1C(=O)NC(C#N)C1CC1. The van der Waals surface area contributed by atoms with Crippen molar-refractivity contribution in [2.75, 3.05) is 0 Å². The van der Waals surface area contributed by atoms with Gasteiger partial charge in [0, 0.05) is 10.0 Å². The summed E-state index contributed by atoms with van der Waals surface area (Å²) in [7, 11) is 0. The second-order valence-corrected chi connectivity index (χ2v) is 5.18. The number of hydrogen-bond acceptors (Lipinski definition) is 2. The summed E-state index contributed by atoms with van der Waals surface area (Å²) in [6.45, 7) is 1.89. The molecule has 1 N–H and O–H groups in total. The van der Waals surface area contributed by atoms with E-state index < -0.39 is 0 Å². The maximum Gasteiger partial charge on any atom is 0.252 e. The predicted molar refractivity (Wildman–Crippen MR) is 68.5 cm³/mol. The van der Waals surface area contributed by atoms with Crippen LogP contribution in [0.25, 0.3) is 0 Å². The van der Waals surface area contributed by atoms with Crippen LogP contribution < -0.4 is 5.32 Å². The molecule has 0 bridgehead atoms. The van der Waals surface area contributed by atoms with E-state index in [0.29, 0.717) is 11.5 Å². The van der Waals surface area contributed by atoms with Crippen LogP contribution in [0.15, 0.2) is 22.7 Å². The zero-order valence-electron chi connectivity index (χ0n) is 9.53. The summed E-state index contributed by atoms with van der Waals surface area (Å²) in [6.07, 6.45) is 2.08. The van der Waals surface area contributed by atoms with E-state index in [1.54, 1.807) is 6.07 Å². The topological polar surface area (TPSA) is 52.9 Å². The largest absolute Gasteiger partial charge is 0.336 e. The number of benzene rings is 1. The Kier molecular flexibility index (Phi) is 3.49. The van der Waals surface area contributed by atoms with Gasteiger partial charge in [-0.3, -0.25) is 4.79 Å². The number of nitrogens with one attached hydrogen (secondary N) is 1. The molecule has 0 radical (unpaired) electrons. The molecule has 1 aliphatic carbocycles. The molecule has 2 rings (SSSR count). The third-order valence-electron chi connectivity index (χ3n) is 3.03. The van der Waals surface area contributed by atoms with Crippen molar-refractivity contribution >= 4 is 21.8 Å². The summed E-state index contributed by atoms with van der Waals surface area (Å²) in [6, 6.07) is 7.30. The van der Waals surface area contributed by atoms with Gasteiger partial charge in [0.25, 0.3) is 5.91 Å². The summed E-state index contributed by atoms with van der Waals surface area (Å²) < 4.78 is 0.907. The van der Waals surface area contributed by atoms with Crippen molar-refractivity contribution in [1.29, 1.82) is 5.26 Å². The fourth-order valence-electron chi connectivity index (χ4n) is 1.76. The van der Waals surface area contributed by atoms with E-state index in [1.807, 2.05) is 19.1 Å². The van der Waals surface area contributed by atoms with Crippen LogP contribution in [0.3, 0.4) is 0 Å². The molecule has 0 aliphatic heterocycles. The maximum absolute atomic E-state index is 12.0. The van der Waals surface area contributed by atoms with Crippen LogP contribution in [-0.2, 0) is 0 Å². The average molecular weight is 293 g/mol. The molecule has 0 saturated heterocycles. The van der Waals surface area contributed by atoms with Crippen LogP contribution in [0, 0.1) is 24.2 Å². The lowest BCUT2D eigenvalue weighted by atomic mass is 10.1. The second kappa shape index (κ2) is 4.89. The number of amides is 1. The lowest BCUT2D eigenvalue weighted by molar-refractivity contribution is 0.0941. The zero-order chi connectivity index (χ0) is 12.4. The van der Waals surface area contributed by atoms with Crippen LogP contribution >= 0.6 is 15.9 Å². The Hall–Kier alpha value is -1.34. The first kappa shape index (κ1) is 12.1. The van der Waals surface area contributed by atoms with E-state index in [2.05, 4.69) is 27.3 Å². The van der Waals surface area contributed by atoms with Crippen LogP contribution in [0.4, 0.5) is 0 Å². The summed E-state index contributed by atoms with van der Waals surface area (Å²) in [5, 5.41) is 11.8. The molecule has 0 heterocycles. The Morgan fingerprint density at radius 2 is 2.29 bits per heavy atom. The van der Waals surface area contributed by atoms with Gasteiger partial charge in [0.15, 0.2) is 0 Å². The molecule has 17 heavy (non-hydrogen) atoms. The van der Waals surface area contributed by atoms with Crippen molar-refractivity contribution in [3.05, 3.63) is 33.8 Å². The normalized spacial score (nSPS) is 16.1. The first-order valence-corrected chi connectivity index (χ1v) is 6.38. The minimum absolute atomic E-state index is 0.165. The highest BCUT2D eigenvalue weighted by Crippen LogP contribution is 2.32. The monoisotopic (exact) mass is 292 g/mol. The number of nitrogens with zero attached hydrogens (tertiary/aromatic N) is 1. The Morgan fingerprint density at radius 3 is 2.88 bits per heavy atom. The van der Waals surface area contributed by atoms with Gasteiger partial charge in [-0.25, -0.2) is 0 Å². The Morgan fingerprint density at radius 1 is 1.59 bits per heavy atom. The van der Waals surface area contributed by atoms with Gasteiger partial charge in [-0.1, -0.05) is 22.0 Å². The molecular formula is C13H13BrN2O. The fraction of sp³-hybridized carbons (Fsp3) is 0.385. The highest BCUT2D eigenvalue weighted by Gasteiger charge is 2.32. The molecule has 1 saturated carbocycles. The van der Waals surface area contributed by atoms with E-state index in [0.717, 1.165) is 22.9 Å². The number of halogens is 1. The van der Waals surface area contributed by atoms with Crippen molar-refractivity contribution in [1.82, 2.24) is 5.32 Å². The van der Waals surface area contributed by atoms with Crippen LogP contribution in [0.1, 0.15) is 28.8 Å². The zero-order valence-corrected chi connectivity index (χ0v) is 11.1. The Labute approximate surface area is 109 Å². The molecule has 88 valence electrons. The highest BCUT2D eigenvalue weighted by molar-refractivity contribution is 9.10. The van der Waals surface area contributed by atoms with Gasteiger partial charge < -0.3 is 5.32 Å². The number of carbonyl (C=O) groups is 1. The van der Waals surface area contributed by atoms with Crippen LogP contribution in [-0.4, -0.2) is 11.9 Å². The van der Waals surface area contributed by atoms with Crippen LogP contribution in [0.2, 0.25) is 0 Å². The van der Waals surface area contributed by atoms with Gasteiger partial charge in [0.2, 0.25) is 0 Å². The van der Waals surface area contributed by atoms with E-state index in [9.17, 15) is 4.79 Å². The second-order valence-electron chi connectivity index (χ2n) is 4.33. The maximum atomic E-state index is 12.0. The van der Waals surface area contributed by atoms with Gasteiger partial charge in [-0.15, -0.1) is 0 Å². The smallest absolute Gasteiger partial charge is 0.252 e. The molecule has 1 unspecified atom stereocenters. The van der Waals surface area contributed by atoms with Crippen molar-refractivity contribution in [2.24, 2.45) is 5.92 Å². The minimum atomic E-state index is -0.346. The molecule has 4 heteroatoms. The van der Waals surface area contributed by atoms with E-state index in [1.165, 1.54) is 0 Å². The third kappa shape index (κ3) is 2.67. The van der Waals surface area contributed by atoms with Gasteiger partial charge in [-0.05, 0) is 43.4 Å². The lowest BCUT2D eigenvalue weighted by Crippen LogP contribution is -2.35. The summed E-state index contributed by atoms with van der Waals surface area (Å²) in [5.41, 5.74) is 1.53. The van der Waals surface area contributed by atoms with Crippen molar-refractivity contribution in [3.8, 4) is 6.07 Å². The highest BCUT2D eigenvalue weighted by atomic mass is 79.9. The molecule has 1 amide bonds. The van der Waals surface area contributed by atoms with Crippen molar-refractivity contribution in [2.45, 2.75) is 25.8 Å². The molecular weight excluding hydrogens is 280 g/mol. The molecule has 1 atom stereocenters. The quantitative estimate of drug-likeness (QED) is 0.931. The van der Waals surface area contributed by atoms with Gasteiger partial charge in [-0.2, -0.15) is 5.26 Å². The molecule has 1 aromatic carbocycles. The fourth-order valence-corrected chi connectivity index (χ4v) is 2.12. The van der Waals surface area contributed by atoms with E-state index in [-0.39, 0.29) is 11.9 Å². The molecule has 1 fully saturated rings. The van der Waals surface area contributed by atoms with Crippen molar-refractivity contribution in [3.63, 3.8) is 0 Å². The average Bonchev–Trinajstić information content (AvgIpc) is 3.13. The van der Waals surface area contributed by atoms with Crippen molar-refractivity contribution < 1.29 is 4.79 Å². The number of hydrogen-bond donors (Lipinski definition) is 1. The van der Waals surface area contributed by atoms with Gasteiger partial charge in [0.1, 0.15) is 6.04 Å². The lowest BCUT2D eigenvalue weighted by Gasteiger charge is -2.12. The number of carbonyl (C=O) groups excluding carboxylic acids is 1. The Balaban J connectivity index is 2.14. The minimum Gasteiger partial charge on any atom is -0.336 e. The predicted octanol–water partition coefficient (Wildman–Crippen LogP) is 2.79. The first-order chi connectivity index (χ1) is 8.13. The number of nitriles is 1. The van der Waals surface area contributed by atoms with E-state index in [4.69, 9.17) is 5.26 Å². The van der Waals surface area contributed by atoms with Gasteiger partial charge in [0.05, 0.1) is 6.07 Å². The van der Waals surface area contributed by atoms with Crippen LogP contribution in [0.5, 0.6) is 0 Å². The molecule has 0 spiro atoms. The standard InChI is InChI=1S/C13H13BrN2O/c1-8-10(3-2-4-11(8)14)13(17)16-12(7-15)9-5-6-9/h2-4,9,12H,5-6H2,1H3,(H,16,17). The third-order valence-corrected chi connectivity index (χ3v) is 3.89.